The maximum absolute atomic E-state index is 13.9. The Balaban J connectivity index is 1.39. The van der Waals surface area contributed by atoms with Crippen LogP contribution < -0.4 is 11.1 Å². The van der Waals surface area contributed by atoms with Crippen LogP contribution in [0.15, 0.2) is 36.7 Å². The molecule has 0 bridgehead atoms. The number of nitrogens with one attached hydrogen (secondary N) is 1. The Labute approximate surface area is 225 Å². The highest BCUT2D eigenvalue weighted by atomic mass is 35.5. The van der Waals surface area contributed by atoms with E-state index in [9.17, 15) is 22.8 Å². The maximum Gasteiger partial charge on any atom is 0.416 e. The number of hydrogen-bond donors (Lipinski definition) is 2. The van der Waals surface area contributed by atoms with Gasteiger partial charge in [-0.05, 0) is 55.0 Å². The van der Waals surface area contributed by atoms with Gasteiger partial charge >= 0.3 is 6.18 Å². The molecule has 0 radical (unpaired) electrons. The van der Waals surface area contributed by atoms with Gasteiger partial charge < -0.3 is 20.5 Å². The van der Waals surface area contributed by atoms with Crippen LogP contribution in [-0.2, 0) is 22.3 Å². The molecule has 0 unspecified atom stereocenters. The van der Waals surface area contributed by atoms with Gasteiger partial charge in [-0.1, -0.05) is 24.6 Å². The summed E-state index contributed by atoms with van der Waals surface area (Å²) in [6, 6.07) is 6.02. The summed E-state index contributed by atoms with van der Waals surface area (Å²) in [5.74, 6) is -0.449. The van der Waals surface area contributed by atoms with E-state index in [0.717, 1.165) is 18.6 Å². The number of alkyl halides is 3. The highest BCUT2D eigenvalue weighted by Crippen LogP contribution is 2.59. The van der Waals surface area contributed by atoms with Crippen LogP contribution in [0, 0.1) is 12.3 Å². The molecular weight excluding hydrogens is 535 g/mol. The van der Waals surface area contributed by atoms with Crippen LogP contribution in [0.3, 0.4) is 0 Å². The quantitative estimate of drug-likeness (QED) is 0.355. The van der Waals surface area contributed by atoms with Crippen LogP contribution in [0.25, 0.3) is 21.9 Å². The third kappa shape index (κ3) is 4.13. The molecule has 202 valence electrons. The first-order chi connectivity index (χ1) is 18.4. The zero-order chi connectivity index (χ0) is 27.9. The van der Waals surface area contributed by atoms with Crippen molar-refractivity contribution in [3.63, 3.8) is 0 Å². The van der Waals surface area contributed by atoms with E-state index in [-0.39, 0.29) is 63.0 Å². The lowest BCUT2D eigenvalue weighted by Gasteiger charge is -2.27. The molecule has 2 aliphatic rings. The van der Waals surface area contributed by atoms with E-state index in [0.29, 0.717) is 17.5 Å². The number of carbonyl (C=O) groups excluding carboxylic acids is 2. The number of amides is 2. The lowest BCUT2D eigenvalue weighted by molar-refractivity contribution is -0.138. The van der Waals surface area contributed by atoms with Crippen LogP contribution in [0.2, 0.25) is 5.15 Å². The van der Waals surface area contributed by atoms with Gasteiger partial charge in [0.1, 0.15) is 41.3 Å². The van der Waals surface area contributed by atoms with Crippen molar-refractivity contribution in [3.05, 3.63) is 52.9 Å². The molecule has 1 aliphatic carbocycles. The molecule has 0 spiro atoms. The van der Waals surface area contributed by atoms with E-state index in [1.54, 1.807) is 34.6 Å². The first kappa shape index (κ1) is 25.4. The average molecular weight is 558 g/mol. The number of aromatic nitrogens is 4. The number of hydrogen-bond acceptors (Lipinski definition) is 6. The minimum absolute atomic E-state index is 0.0112. The number of anilines is 2. The third-order valence-corrected chi connectivity index (χ3v) is 7.98. The van der Waals surface area contributed by atoms with Crippen molar-refractivity contribution in [1.82, 2.24) is 24.4 Å². The summed E-state index contributed by atoms with van der Waals surface area (Å²) in [4.78, 5) is 41.0. The predicted molar refractivity (Wildman–Crippen MR) is 139 cm³/mol. The number of likely N-dealkylation sites (tertiary alicyclic amines) is 1. The van der Waals surface area contributed by atoms with E-state index in [1.807, 2.05) is 6.92 Å². The molecular formula is C26H23ClF3N7O2. The summed E-state index contributed by atoms with van der Waals surface area (Å²) < 4.78 is 42.4. The molecule has 3 aromatic heterocycles. The number of benzene rings is 1. The van der Waals surface area contributed by atoms with Gasteiger partial charge in [-0.15, -0.1) is 0 Å². The van der Waals surface area contributed by atoms with Crippen molar-refractivity contribution in [2.24, 2.45) is 5.41 Å². The molecule has 4 aromatic rings. The Kier molecular flexibility index (Phi) is 5.55. The number of carbonyl (C=O) groups is 2. The van der Waals surface area contributed by atoms with Crippen LogP contribution in [0.4, 0.5) is 24.8 Å². The largest absolute Gasteiger partial charge is 0.416 e. The Bertz CT molecular complexity index is 1690. The van der Waals surface area contributed by atoms with E-state index < -0.39 is 17.8 Å². The first-order valence-electron chi connectivity index (χ1n) is 12.2. The molecule has 4 heterocycles. The highest BCUT2D eigenvalue weighted by Gasteiger charge is 2.64. The molecule has 3 N–H and O–H groups in total. The number of nitrogen functional groups attached to an aromatic ring is 1. The number of nitrogens with two attached hydrogens (primary N) is 1. The predicted octanol–water partition coefficient (Wildman–Crippen LogP) is 4.56. The third-order valence-electron chi connectivity index (χ3n) is 7.76. The molecule has 1 aliphatic heterocycles. The molecule has 2 amide bonds. The number of aryl methyl sites for hydroxylation is 1. The summed E-state index contributed by atoms with van der Waals surface area (Å²) in [6.45, 7) is 3.33. The molecule has 6 rings (SSSR count). The number of piperidine rings is 1. The zero-order valence-corrected chi connectivity index (χ0v) is 21.6. The van der Waals surface area contributed by atoms with E-state index in [4.69, 9.17) is 17.3 Å². The minimum atomic E-state index is -4.57. The Morgan fingerprint density at radius 2 is 2.00 bits per heavy atom. The van der Waals surface area contributed by atoms with Gasteiger partial charge in [0.25, 0.3) is 0 Å². The highest BCUT2D eigenvalue weighted by molar-refractivity contribution is 6.29. The van der Waals surface area contributed by atoms with Gasteiger partial charge in [0.05, 0.1) is 16.5 Å². The second kappa shape index (κ2) is 8.54. The molecule has 3 atom stereocenters. The maximum atomic E-state index is 13.9. The van der Waals surface area contributed by atoms with Gasteiger partial charge in [-0.2, -0.15) is 13.2 Å². The number of rotatable bonds is 4. The fraction of sp³-hybridized carbons (Fsp3) is 0.346. The summed E-state index contributed by atoms with van der Waals surface area (Å²) in [5.41, 5.74) is 6.02. The van der Waals surface area contributed by atoms with Crippen molar-refractivity contribution in [1.29, 1.82) is 0 Å². The molecule has 13 heteroatoms. The summed E-state index contributed by atoms with van der Waals surface area (Å²) in [7, 11) is 0. The lowest BCUT2D eigenvalue weighted by atomic mass is 10.0. The standard InChI is InChI=1S/C26H23ClF3N7O2/c1-12-6-13(26(28,29)30)7-14-20-22(31)32-11-33-23(20)36(21(12)14)10-19(38)37-15(8-25(2)9-16(25)37)24(39)35-18-5-3-4-17(27)34-18/h3-7,11,15-16H,8-10H2,1-2H3,(H2,31,32,33)(H,34,35,39)/t15-,16+,25-/m0/s1. The fourth-order valence-corrected chi connectivity index (χ4v) is 6.03. The van der Waals surface area contributed by atoms with E-state index in [2.05, 4.69) is 20.3 Å². The van der Waals surface area contributed by atoms with Crippen LogP contribution in [0.5, 0.6) is 0 Å². The van der Waals surface area contributed by atoms with Crippen LogP contribution in [0.1, 0.15) is 30.9 Å². The lowest BCUT2D eigenvalue weighted by Crippen LogP contribution is -2.46. The van der Waals surface area contributed by atoms with Crippen molar-refractivity contribution in [3.8, 4) is 0 Å². The van der Waals surface area contributed by atoms with Crippen molar-refractivity contribution in [2.75, 3.05) is 11.1 Å². The summed E-state index contributed by atoms with van der Waals surface area (Å²) in [6.07, 6.45) is -2.13. The van der Waals surface area contributed by atoms with Gasteiger partial charge in [0, 0.05) is 11.4 Å². The second-order valence-electron chi connectivity index (χ2n) is 10.5. The molecule has 2 fully saturated rings. The number of pyridine rings is 1. The van der Waals surface area contributed by atoms with Crippen molar-refractivity contribution >= 4 is 57.0 Å². The molecule has 9 nitrogen and oxygen atoms in total. The monoisotopic (exact) mass is 557 g/mol. The van der Waals surface area contributed by atoms with Crippen molar-refractivity contribution < 1.29 is 22.8 Å². The average Bonchev–Trinajstić information content (AvgIpc) is 3.25. The smallest absolute Gasteiger partial charge is 0.383 e. The molecule has 1 saturated heterocycles. The Hall–Kier alpha value is -3.93. The number of nitrogens with zero attached hydrogens (tertiary/aromatic N) is 5. The van der Waals surface area contributed by atoms with Gasteiger partial charge in [0.15, 0.2) is 0 Å². The Morgan fingerprint density at radius 1 is 1.23 bits per heavy atom. The van der Waals surface area contributed by atoms with Crippen LogP contribution >= 0.6 is 11.6 Å². The molecule has 1 saturated carbocycles. The van der Waals surface area contributed by atoms with Gasteiger partial charge in [-0.3, -0.25) is 9.59 Å². The second-order valence-corrected chi connectivity index (χ2v) is 10.8. The van der Waals surface area contributed by atoms with Gasteiger partial charge in [0.2, 0.25) is 11.8 Å². The number of halogens is 4. The summed E-state index contributed by atoms with van der Waals surface area (Å²) in [5, 5.41) is 3.42. The number of fused-ring (bicyclic) bond motifs is 4. The zero-order valence-electron chi connectivity index (χ0n) is 20.9. The normalized spacial score (nSPS) is 22.4. The fourth-order valence-electron chi connectivity index (χ4n) is 5.87. The van der Waals surface area contributed by atoms with E-state index >= 15 is 0 Å². The first-order valence-corrected chi connectivity index (χ1v) is 12.6. The molecule has 39 heavy (non-hydrogen) atoms. The van der Waals surface area contributed by atoms with Crippen LogP contribution in [-0.4, -0.2) is 48.3 Å². The van der Waals surface area contributed by atoms with E-state index in [1.165, 1.54) is 6.33 Å². The SMILES string of the molecule is Cc1cc(C(F)(F)F)cc2c3c(N)ncnc3n(CC(=O)N3[C@H](C(=O)Nc4cccc(Cl)n4)C[C@@]4(C)C[C@@H]34)c12. The Morgan fingerprint density at radius 3 is 2.72 bits per heavy atom. The topological polar surface area (TPSA) is 119 Å². The minimum Gasteiger partial charge on any atom is -0.383 e. The van der Waals surface area contributed by atoms with Gasteiger partial charge in [-0.25, -0.2) is 15.0 Å². The van der Waals surface area contributed by atoms with Crippen molar-refractivity contribution in [2.45, 2.75) is 51.5 Å². The summed E-state index contributed by atoms with van der Waals surface area (Å²) >= 11 is 5.94. The molecule has 1 aromatic carbocycles.